The quantitative estimate of drug-likeness (QED) is 0.294. The Morgan fingerprint density at radius 3 is 2.06 bits per heavy atom. The van der Waals surface area contributed by atoms with Gasteiger partial charge >= 0.3 is 6.03 Å². The molecule has 2 aliphatic heterocycles. The second-order valence-electron chi connectivity index (χ2n) is 17.1. The summed E-state index contributed by atoms with van der Waals surface area (Å²) in [6.45, 7) is 9.54. The average molecular weight is 706 g/mol. The Kier molecular flexibility index (Phi) is 11.1. The third kappa shape index (κ3) is 8.61. The second kappa shape index (κ2) is 14.5. The molecule has 2 saturated heterocycles. The average Bonchev–Trinajstić information content (AvgIpc) is 3.86. The number of urea groups is 1. The number of nitrogens with one attached hydrogen (secondary N) is 4. The number of amides is 5. The van der Waals surface area contributed by atoms with Gasteiger partial charge in [0.15, 0.2) is 9.84 Å². The lowest BCUT2D eigenvalue weighted by atomic mass is 9.83. The van der Waals surface area contributed by atoms with Crippen molar-refractivity contribution in [2.24, 2.45) is 17.3 Å². The molecule has 3 aliphatic carbocycles. The number of fused-ring (bicyclic) bond motifs is 3. The summed E-state index contributed by atoms with van der Waals surface area (Å²) in [6.07, 6.45) is 11.0. The monoisotopic (exact) mass is 705 g/mol. The fraction of sp³-hybridized carbons (Fsp3) is 0.861. The number of rotatable bonds is 7. The van der Waals surface area contributed by atoms with E-state index >= 15 is 0 Å². The van der Waals surface area contributed by atoms with E-state index in [1.807, 2.05) is 0 Å². The van der Waals surface area contributed by atoms with Gasteiger partial charge in [-0.2, -0.15) is 0 Å². The third-order valence-corrected chi connectivity index (χ3v) is 14.8. The molecular weight excluding hydrogens is 646 g/mol. The highest BCUT2D eigenvalue weighted by atomic mass is 32.2. The number of Topliss-reactive ketones (excluding diaryl/α,β-unsaturated/α-hetero) is 1. The molecule has 0 aromatic rings. The van der Waals surface area contributed by atoms with Crippen LogP contribution in [0.25, 0.3) is 0 Å². The Balaban J connectivity index is 1.36. The van der Waals surface area contributed by atoms with Crippen molar-refractivity contribution in [1.29, 1.82) is 0 Å². The molecule has 0 radical (unpaired) electrons. The molecule has 0 spiro atoms. The third-order valence-electron chi connectivity index (χ3n) is 12.0. The molecule has 5 rings (SSSR count). The van der Waals surface area contributed by atoms with Crippen molar-refractivity contribution in [3.8, 4) is 0 Å². The van der Waals surface area contributed by atoms with Crippen LogP contribution in [-0.4, -0.2) is 89.6 Å². The highest BCUT2D eigenvalue weighted by Gasteiger charge is 2.69. The Labute approximate surface area is 292 Å². The van der Waals surface area contributed by atoms with Gasteiger partial charge in [-0.15, -0.1) is 0 Å². The number of hydrogen-bond acceptors (Lipinski definition) is 7. The van der Waals surface area contributed by atoms with Crippen molar-refractivity contribution in [3.05, 3.63) is 0 Å². The lowest BCUT2D eigenvalue weighted by Crippen LogP contribution is -2.62. The van der Waals surface area contributed by atoms with E-state index in [4.69, 9.17) is 0 Å². The van der Waals surface area contributed by atoms with Crippen LogP contribution in [0.3, 0.4) is 0 Å². The summed E-state index contributed by atoms with van der Waals surface area (Å²) in [5.41, 5.74) is -1.09. The van der Waals surface area contributed by atoms with Gasteiger partial charge in [0.25, 0.3) is 5.91 Å². The van der Waals surface area contributed by atoms with Crippen LogP contribution < -0.4 is 21.3 Å². The summed E-state index contributed by atoms with van der Waals surface area (Å²) in [5, 5.41) is 11.6. The lowest BCUT2D eigenvalue weighted by Gasteiger charge is -2.40. The van der Waals surface area contributed by atoms with E-state index in [-0.39, 0.29) is 35.0 Å². The fourth-order valence-corrected chi connectivity index (χ4v) is 9.91. The zero-order valence-electron chi connectivity index (χ0n) is 30.2. The normalized spacial score (nSPS) is 30.8. The minimum atomic E-state index is -3.54. The zero-order valence-corrected chi connectivity index (χ0v) is 31.0. The summed E-state index contributed by atoms with van der Waals surface area (Å²) in [6, 6.07) is -3.25. The van der Waals surface area contributed by atoms with Gasteiger partial charge in [-0.05, 0) is 76.5 Å². The molecule has 12 nitrogen and oxygen atoms in total. The standard InChI is InChI=1S/C36H59N5O7S/c1-34(2,3)49(47,48)22-36(19-13-10-14-20-36)40-33(46)39-26-16-12-9-7-6-8-11-15-25(29(42)31(44)37-23-17-18-23)38-30(43)28-27-24(35(27,4)5)21-41(28)32(26)45/h23-28H,6-22H2,1-5H3,(H,37,44)(H,38,43)(H2,39,40,46)/t24-,25+,26+,27-,28-/m0/s1. The molecule has 5 aliphatic rings. The highest BCUT2D eigenvalue weighted by molar-refractivity contribution is 7.92. The first-order valence-electron chi connectivity index (χ1n) is 18.7. The van der Waals surface area contributed by atoms with E-state index in [0.29, 0.717) is 45.1 Å². The van der Waals surface area contributed by atoms with Crippen LogP contribution in [0.2, 0.25) is 0 Å². The first-order valence-corrected chi connectivity index (χ1v) is 20.4. The Bertz CT molecular complexity index is 1400. The number of piperidine rings is 1. The number of carbonyl (C=O) groups is 5. The molecule has 13 heteroatoms. The number of nitrogens with zero attached hydrogens (tertiary/aromatic N) is 1. The SMILES string of the molecule is CC1(C)[C@@H]2[C@H]3C(=O)N[C@@H](C(=O)C(=O)NC4CC4)CCCCCCCC[C@@H](NC(=O)NC4(CS(=O)(=O)C(C)(C)C)CCCCC4)C(=O)N3C[C@@H]21. The van der Waals surface area contributed by atoms with E-state index in [2.05, 4.69) is 35.1 Å². The van der Waals surface area contributed by atoms with Crippen molar-refractivity contribution in [1.82, 2.24) is 26.2 Å². The van der Waals surface area contributed by atoms with Crippen molar-refractivity contribution >= 4 is 39.4 Å². The predicted molar refractivity (Wildman–Crippen MR) is 186 cm³/mol. The largest absolute Gasteiger partial charge is 0.347 e. The minimum absolute atomic E-state index is 0.0166. The molecular formula is C36H59N5O7S. The molecule has 0 aromatic heterocycles. The topological polar surface area (TPSA) is 171 Å². The fourth-order valence-electron chi connectivity index (χ4n) is 8.39. The molecule has 276 valence electrons. The summed E-state index contributed by atoms with van der Waals surface area (Å²) in [5.74, 6) is -2.27. The maximum Gasteiger partial charge on any atom is 0.315 e. The minimum Gasteiger partial charge on any atom is -0.347 e. The molecule has 3 saturated carbocycles. The summed E-state index contributed by atoms with van der Waals surface area (Å²) in [7, 11) is -3.54. The maximum absolute atomic E-state index is 14.4. The van der Waals surface area contributed by atoms with Crippen molar-refractivity contribution in [2.45, 2.75) is 165 Å². The molecule has 2 heterocycles. The van der Waals surface area contributed by atoms with Gasteiger partial charge in [-0.1, -0.05) is 71.6 Å². The smallest absolute Gasteiger partial charge is 0.315 e. The van der Waals surface area contributed by atoms with Crippen LogP contribution >= 0.6 is 0 Å². The van der Waals surface area contributed by atoms with E-state index in [9.17, 15) is 32.4 Å². The highest BCUT2D eigenvalue weighted by Crippen LogP contribution is 2.65. The van der Waals surface area contributed by atoms with Crippen molar-refractivity contribution < 1.29 is 32.4 Å². The number of carbonyl (C=O) groups excluding carboxylic acids is 5. The Hall–Kier alpha value is -2.70. The maximum atomic E-state index is 14.4. The predicted octanol–water partition coefficient (Wildman–Crippen LogP) is 3.52. The zero-order chi connectivity index (χ0) is 35.8. The number of hydrogen-bond donors (Lipinski definition) is 4. The van der Waals surface area contributed by atoms with Crippen LogP contribution in [0.15, 0.2) is 0 Å². The summed E-state index contributed by atoms with van der Waals surface area (Å²) >= 11 is 0. The van der Waals surface area contributed by atoms with Gasteiger partial charge in [0.05, 0.1) is 22.1 Å². The molecule has 5 fully saturated rings. The second-order valence-corrected chi connectivity index (χ2v) is 19.9. The van der Waals surface area contributed by atoms with Crippen LogP contribution in [-0.2, 0) is 29.0 Å². The van der Waals surface area contributed by atoms with E-state index < -0.39 is 61.9 Å². The molecule has 5 amide bonds. The first-order chi connectivity index (χ1) is 23.0. The van der Waals surface area contributed by atoms with Gasteiger partial charge in [0.1, 0.15) is 12.1 Å². The molecule has 49 heavy (non-hydrogen) atoms. The lowest BCUT2D eigenvalue weighted by molar-refractivity contribution is -0.144. The van der Waals surface area contributed by atoms with Crippen LogP contribution in [0.4, 0.5) is 4.79 Å². The molecule has 0 unspecified atom stereocenters. The van der Waals surface area contributed by atoms with Crippen LogP contribution in [0, 0.1) is 17.3 Å². The van der Waals surface area contributed by atoms with E-state index in [1.54, 1.807) is 25.7 Å². The van der Waals surface area contributed by atoms with Crippen molar-refractivity contribution in [3.63, 3.8) is 0 Å². The number of ketones is 1. The first kappa shape index (κ1) is 37.6. The Morgan fingerprint density at radius 2 is 1.45 bits per heavy atom. The van der Waals surface area contributed by atoms with Gasteiger partial charge < -0.3 is 26.2 Å². The number of sulfone groups is 1. The van der Waals surface area contributed by atoms with Crippen LogP contribution in [0.5, 0.6) is 0 Å². The van der Waals surface area contributed by atoms with Crippen LogP contribution in [0.1, 0.15) is 131 Å². The Morgan fingerprint density at radius 1 is 0.857 bits per heavy atom. The summed E-state index contributed by atoms with van der Waals surface area (Å²) in [4.78, 5) is 69.8. The summed E-state index contributed by atoms with van der Waals surface area (Å²) < 4.78 is 25.7. The van der Waals surface area contributed by atoms with Gasteiger partial charge in [-0.3, -0.25) is 19.2 Å². The molecule has 5 atom stereocenters. The van der Waals surface area contributed by atoms with E-state index in [1.165, 1.54) is 0 Å². The van der Waals surface area contributed by atoms with Gasteiger partial charge in [0, 0.05) is 12.6 Å². The molecule has 0 bridgehead atoms. The van der Waals surface area contributed by atoms with Gasteiger partial charge in [0.2, 0.25) is 17.6 Å². The molecule has 4 N–H and O–H groups in total. The van der Waals surface area contributed by atoms with Crippen molar-refractivity contribution in [2.75, 3.05) is 12.3 Å². The van der Waals surface area contributed by atoms with E-state index in [0.717, 1.165) is 57.8 Å². The van der Waals surface area contributed by atoms with Gasteiger partial charge in [-0.25, -0.2) is 13.2 Å². The molecule has 0 aromatic carbocycles.